The quantitative estimate of drug-likeness (QED) is 0.688. The highest BCUT2D eigenvalue weighted by Gasteiger charge is 2.20. The molecule has 1 amide bonds. The van der Waals surface area contributed by atoms with E-state index in [0.29, 0.717) is 17.3 Å². The van der Waals surface area contributed by atoms with Crippen LogP contribution in [-0.2, 0) is 0 Å². The fraction of sp³-hybridized carbons (Fsp3) is 0.238. The third kappa shape index (κ3) is 4.56. The molecule has 6 heteroatoms. The maximum atomic E-state index is 12.5. The molecule has 5 nitrogen and oxygen atoms in total. The molecule has 0 aliphatic heterocycles. The van der Waals surface area contributed by atoms with Gasteiger partial charge >= 0.3 is 0 Å². The zero-order valence-electron chi connectivity index (χ0n) is 15.6. The SMILES string of the molecule is Cc1ccc(-c2cc(C(=O)NCC(c3ccccc3Cl)N(C)C)no2)cc1. The van der Waals surface area contributed by atoms with Crippen LogP contribution in [0.1, 0.15) is 27.7 Å². The number of amides is 1. The Morgan fingerprint density at radius 1 is 1.19 bits per heavy atom. The molecule has 0 radical (unpaired) electrons. The van der Waals surface area contributed by atoms with Crippen LogP contribution in [0.5, 0.6) is 0 Å². The fourth-order valence-electron chi connectivity index (χ4n) is 2.83. The molecule has 0 bridgehead atoms. The molecule has 2 aromatic carbocycles. The van der Waals surface area contributed by atoms with Gasteiger partial charge in [-0.15, -0.1) is 0 Å². The number of nitrogens with zero attached hydrogens (tertiary/aromatic N) is 2. The summed E-state index contributed by atoms with van der Waals surface area (Å²) in [5.41, 5.74) is 3.26. The van der Waals surface area contributed by atoms with Crippen LogP contribution in [0.4, 0.5) is 0 Å². The Morgan fingerprint density at radius 2 is 1.89 bits per heavy atom. The number of likely N-dealkylation sites (N-methyl/N-ethyl adjacent to an activating group) is 1. The first kappa shape index (κ1) is 19.1. The normalized spacial score (nSPS) is 12.2. The number of aromatic nitrogens is 1. The molecule has 140 valence electrons. The second-order valence-electron chi connectivity index (χ2n) is 6.65. The molecule has 0 saturated carbocycles. The van der Waals surface area contributed by atoms with Crippen LogP contribution >= 0.6 is 11.6 Å². The Hall–Kier alpha value is -2.63. The van der Waals surface area contributed by atoms with Crippen molar-refractivity contribution in [3.63, 3.8) is 0 Å². The highest BCUT2D eigenvalue weighted by molar-refractivity contribution is 6.31. The van der Waals surface area contributed by atoms with E-state index in [1.165, 1.54) is 0 Å². The summed E-state index contributed by atoms with van der Waals surface area (Å²) < 4.78 is 5.33. The maximum absolute atomic E-state index is 12.5. The lowest BCUT2D eigenvalue weighted by Gasteiger charge is -2.25. The lowest BCUT2D eigenvalue weighted by Crippen LogP contribution is -2.34. The minimum absolute atomic E-state index is 0.0499. The molecule has 1 N–H and O–H groups in total. The topological polar surface area (TPSA) is 58.4 Å². The summed E-state index contributed by atoms with van der Waals surface area (Å²) in [6.45, 7) is 2.42. The molecule has 0 fully saturated rings. The van der Waals surface area contributed by atoms with Crippen molar-refractivity contribution in [3.8, 4) is 11.3 Å². The van der Waals surface area contributed by atoms with Crippen molar-refractivity contribution < 1.29 is 9.32 Å². The van der Waals surface area contributed by atoms with Crippen molar-refractivity contribution in [2.75, 3.05) is 20.6 Å². The summed E-state index contributed by atoms with van der Waals surface area (Å²) in [6, 6.07) is 17.1. The van der Waals surface area contributed by atoms with Crippen LogP contribution < -0.4 is 5.32 Å². The predicted molar refractivity (Wildman–Crippen MR) is 107 cm³/mol. The molecule has 3 rings (SSSR count). The van der Waals surface area contributed by atoms with Gasteiger partial charge in [-0.05, 0) is 32.6 Å². The van der Waals surface area contributed by atoms with Gasteiger partial charge in [0.05, 0.1) is 6.04 Å². The van der Waals surface area contributed by atoms with E-state index in [1.807, 2.05) is 74.4 Å². The van der Waals surface area contributed by atoms with Gasteiger partial charge < -0.3 is 14.7 Å². The van der Waals surface area contributed by atoms with Crippen LogP contribution in [0.15, 0.2) is 59.1 Å². The Balaban J connectivity index is 1.70. The monoisotopic (exact) mass is 383 g/mol. The first-order valence-electron chi connectivity index (χ1n) is 8.68. The molecule has 0 aliphatic rings. The lowest BCUT2D eigenvalue weighted by atomic mass is 10.1. The average Bonchev–Trinajstić information content (AvgIpc) is 3.14. The van der Waals surface area contributed by atoms with Crippen LogP contribution in [0.25, 0.3) is 11.3 Å². The van der Waals surface area contributed by atoms with Crippen LogP contribution in [0, 0.1) is 6.92 Å². The molecule has 0 saturated heterocycles. The molecule has 1 aromatic heterocycles. The number of rotatable bonds is 6. The van der Waals surface area contributed by atoms with E-state index < -0.39 is 0 Å². The van der Waals surface area contributed by atoms with Crippen molar-refractivity contribution in [2.24, 2.45) is 0 Å². The third-order valence-electron chi connectivity index (χ3n) is 4.42. The molecule has 1 heterocycles. The fourth-order valence-corrected chi connectivity index (χ4v) is 3.09. The van der Waals surface area contributed by atoms with E-state index in [-0.39, 0.29) is 17.6 Å². The largest absolute Gasteiger partial charge is 0.355 e. The van der Waals surface area contributed by atoms with Crippen LogP contribution in [-0.4, -0.2) is 36.6 Å². The Morgan fingerprint density at radius 3 is 2.56 bits per heavy atom. The molecule has 27 heavy (non-hydrogen) atoms. The van der Waals surface area contributed by atoms with Gasteiger partial charge in [-0.3, -0.25) is 4.79 Å². The van der Waals surface area contributed by atoms with Crippen molar-refractivity contribution in [3.05, 3.63) is 76.4 Å². The molecular weight excluding hydrogens is 362 g/mol. The van der Waals surface area contributed by atoms with E-state index in [2.05, 4.69) is 10.5 Å². The zero-order valence-corrected chi connectivity index (χ0v) is 16.3. The van der Waals surface area contributed by atoms with Crippen LogP contribution in [0.2, 0.25) is 5.02 Å². The van der Waals surface area contributed by atoms with Gasteiger partial charge in [0.25, 0.3) is 5.91 Å². The summed E-state index contributed by atoms with van der Waals surface area (Å²) >= 11 is 6.31. The van der Waals surface area contributed by atoms with E-state index in [1.54, 1.807) is 6.07 Å². The van der Waals surface area contributed by atoms with Crippen molar-refractivity contribution in [2.45, 2.75) is 13.0 Å². The second kappa shape index (κ2) is 8.37. The summed E-state index contributed by atoms with van der Waals surface area (Å²) in [7, 11) is 3.90. The van der Waals surface area contributed by atoms with Gasteiger partial charge in [0, 0.05) is 23.2 Å². The molecule has 1 atom stereocenters. The van der Waals surface area contributed by atoms with Gasteiger partial charge in [0.2, 0.25) is 0 Å². The molecule has 1 unspecified atom stereocenters. The summed E-state index contributed by atoms with van der Waals surface area (Å²) in [5.74, 6) is 0.284. The number of halogens is 1. The first-order chi connectivity index (χ1) is 13.0. The van der Waals surface area contributed by atoms with Gasteiger partial charge in [-0.2, -0.15) is 0 Å². The Bertz CT molecular complexity index is 919. The number of benzene rings is 2. The number of hydrogen-bond donors (Lipinski definition) is 1. The standard InChI is InChI=1S/C21H22ClN3O2/c1-14-8-10-15(11-9-14)20-12-18(24-27-20)21(26)23-13-19(25(2)3)16-6-4-5-7-17(16)22/h4-12,19H,13H2,1-3H3,(H,23,26). The summed E-state index contributed by atoms with van der Waals surface area (Å²) in [4.78, 5) is 14.5. The highest BCUT2D eigenvalue weighted by Crippen LogP contribution is 2.25. The van der Waals surface area contributed by atoms with E-state index in [9.17, 15) is 4.79 Å². The van der Waals surface area contributed by atoms with Crippen molar-refractivity contribution in [1.82, 2.24) is 15.4 Å². The average molecular weight is 384 g/mol. The summed E-state index contributed by atoms with van der Waals surface area (Å²) in [5, 5.41) is 7.49. The number of carbonyl (C=O) groups is 1. The second-order valence-corrected chi connectivity index (χ2v) is 7.06. The first-order valence-corrected chi connectivity index (χ1v) is 9.06. The van der Waals surface area contributed by atoms with E-state index >= 15 is 0 Å². The van der Waals surface area contributed by atoms with Crippen LogP contribution in [0.3, 0.4) is 0 Å². The van der Waals surface area contributed by atoms with Gasteiger partial charge in [0.15, 0.2) is 11.5 Å². The van der Waals surface area contributed by atoms with Gasteiger partial charge in [0.1, 0.15) is 0 Å². The maximum Gasteiger partial charge on any atom is 0.273 e. The highest BCUT2D eigenvalue weighted by atomic mass is 35.5. The van der Waals surface area contributed by atoms with Crippen molar-refractivity contribution >= 4 is 17.5 Å². The number of aryl methyl sites for hydroxylation is 1. The smallest absolute Gasteiger partial charge is 0.273 e. The molecular formula is C21H22ClN3O2. The zero-order chi connectivity index (χ0) is 19.4. The summed E-state index contributed by atoms with van der Waals surface area (Å²) in [6.07, 6.45) is 0. The van der Waals surface area contributed by atoms with E-state index in [4.69, 9.17) is 16.1 Å². The Kier molecular flexibility index (Phi) is 5.94. The number of hydrogen-bond acceptors (Lipinski definition) is 4. The molecule has 0 spiro atoms. The minimum Gasteiger partial charge on any atom is -0.355 e. The third-order valence-corrected chi connectivity index (χ3v) is 4.77. The van der Waals surface area contributed by atoms with Gasteiger partial charge in [-0.1, -0.05) is 64.8 Å². The number of nitrogens with one attached hydrogen (secondary N) is 1. The molecule has 0 aliphatic carbocycles. The number of carbonyl (C=O) groups excluding carboxylic acids is 1. The minimum atomic E-state index is -0.281. The van der Waals surface area contributed by atoms with E-state index in [0.717, 1.165) is 16.7 Å². The molecule has 3 aromatic rings. The van der Waals surface area contributed by atoms with Crippen molar-refractivity contribution in [1.29, 1.82) is 0 Å². The predicted octanol–water partition coefficient (Wildman–Crippen LogP) is 4.34. The Labute approximate surface area is 163 Å². The van der Waals surface area contributed by atoms with Gasteiger partial charge in [-0.25, -0.2) is 0 Å². The lowest BCUT2D eigenvalue weighted by molar-refractivity contribution is 0.0933.